The first-order valence-corrected chi connectivity index (χ1v) is 28.0. The number of hydrogen-bond donors (Lipinski definition) is 1. The van der Waals surface area contributed by atoms with Crippen molar-refractivity contribution in [3.63, 3.8) is 0 Å². The van der Waals surface area contributed by atoms with E-state index >= 15 is 0 Å². The van der Waals surface area contributed by atoms with Gasteiger partial charge in [-0.05, 0) is 62.1 Å². The summed E-state index contributed by atoms with van der Waals surface area (Å²) < 4.78 is 14.4. The Labute approximate surface area is 322 Å². The SMILES string of the molecule is CCCCCCCCCCCCC(CN(CCCC(=O)O)CC(CCCCCCCCCCCC)O[Si](C)(C)C(C)(C)C)O[Si](C)(C)C(C)(C)C. The molecule has 0 bridgehead atoms. The molecule has 2 unspecified atom stereocenters. The molecule has 0 heterocycles. The minimum absolute atomic E-state index is 0.153. The lowest BCUT2D eigenvalue weighted by Crippen LogP contribution is -2.50. The van der Waals surface area contributed by atoms with Gasteiger partial charge >= 0.3 is 5.97 Å². The van der Waals surface area contributed by atoms with E-state index in [0.29, 0.717) is 6.42 Å². The highest BCUT2D eigenvalue weighted by Gasteiger charge is 2.41. The Morgan fingerprint density at radius 3 is 1.10 bits per heavy atom. The van der Waals surface area contributed by atoms with Crippen LogP contribution in [0.15, 0.2) is 0 Å². The van der Waals surface area contributed by atoms with Crippen LogP contribution < -0.4 is 0 Å². The first-order valence-electron chi connectivity index (χ1n) is 22.2. The molecular formula is C44H93NO4Si2. The fourth-order valence-electron chi connectivity index (χ4n) is 6.57. The van der Waals surface area contributed by atoms with Crippen molar-refractivity contribution in [1.82, 2.24) is 4.90 Å². The highest BCUT2D eigenvalue weighted by molar-refractivity contribution is 6.74. The Morgan fingerprint density at radius 2 is 0.824 bits per heavy atom. The van der Waals surface area contributed by atoms with Crippen molar-refractivity contribution in [2.24, 2.45) is 0 Å². The van der Waals surface area contributed by atoms with Gasteiger partial charge in [0.15, 0.2) is 16.6 Å². The normalized spacial score (nSPS) is 14.4. The summed E-state index contributed by atoms with van der Waals surface area (Å²) in [5.41, 5.74) is 0. The first-order chi connectivity index (χ1) is 23.9. The van der Waals surface area contributed by atoms with Crippen LogP contribution in [0.25, 0.3) is 0 Å². The molecule has 0 aromatic rings. The van der Waals surface area contributed by atoms with Crippen molar-refractivity contribution in [3.05, 3.63) is 0 Å². The van der Waals surface area contributed by atoms with Crippen molar-refractivity contribution < 1.29 is 18.8 Å². The quantitative estimate of drug-likeness (QED) is 0.0523. The third-order valence-electron chi connectivity index (χ3n) is 12.1. The van der Waals surface area contributed by atoms with Gasteiger partial charge in [0.25, 0.3) is 0 Å². The van der Waals surface area contributed by atoms with Gasteiger partial charge in [-0.2, -0.15) is 0 Å². The Hall–Kier alpha value is -0.216. The molecule has 0 aliphatic rings. The highest BCUT2D eigenvalue weighted by Crippen LogP contribution is 2.39. The van der Waals surface area contributed by atoms with Crippen molar-refractivity contribution in [2.45, 2.75) is 258 Å². The molecule has 0 aromatic carbocycles. The van der Waals surface area contributed by atoms with E-state index in [1.807, 2.05) is 0 Å². The number of carboxylic acid groups (broad SMARTS) is 1. The zero-order chi connectivity index (χ0) is 38.8. The number of unbranched alkanes of at least 4 members (excludes halogenated alkanes) is 18. The fraction of sp³-hybridized carbons (Fsp3) is 0.977. The molecule has 0 rings (SSSR count). The number of nitrogens with zero attached hydrogens (tertiary/aromatic N) is 1. The summed E-state index contributed by atoms with van der Waals surface area (Å²) in [6, 6.07) is 0. The van der Waals surface area contributed by atoms with Crippen LogP contribution in [0.1, 0.15) is 209 Å². The van der Waals surface area contributed by atoms with E-state index < -0.39 is 22.6 Å². The standard InChI is InChI=1S/C44H93NO4Si2/c1-13-15-17-19-21-23-25-27-29-31-34-40(48-50(9,10)43(3,4)5)38-45(37-33-36-42(46)47)39-41(49-51(11,12)44(6,7)8)35-32-30-28-26-24-22-20-18-16-14-2/h40-41H,13-39H2,1-12H3,(H,46,47). The van der Waals surface area contributed by atoms with Crippen molar-refractivity contribution in [1.29, 1.82) is 0 Å². The fourth-order valence-corrected chi connectivity index (χ4v) is 9.33. The number of carboxylic acids is 1. The van der Waals surface area contributed by atoms with Crippen LogP contribution in [0.4, 0.5) is 0 Å². The molecule has 51 heavy (non-hydrogen) atoms. The largest absolute Gasteiger partial charge is 0.481 e. The molecule has 0 aliphatic carbocycles. The van der Waals surface area contributed by atoms with Crippen LogP contribution in [0, 0.1) is 0 Å². The van der Waals surface area contributed by atoms with Crippen LogP contribution in [0.5, 0.6) is 0 Å². The first kappa shape index (κ1) is 50.8. The Morgan fingerprint density at radius 1 is 0.529 bits per heavy atom. The molecule has 7 heteroatoms. The topological polar surface area (TPSA) is 59.0 Å². The van der Waals surface area contributed by atoms with Gasteiger partial charge in [0, 0.05) is 19.5 Å². The molecule has 0 amide bonds. The molecule has 0 fully saturated rings. The second kappa shape index (κ2) is 28.2. The van der Waals surface area contributed by atoms with Crippen LogP contribution in [0.2, 0.25) is 36.3 Å². The number of aliphatic carboxylic acids is 1. The van der Waals surface area contributed by atoms with Gasteiger partial charge in [-0.15, -0.1) is 0 Å². The van der Waals surface area contributed by atoms with Gasteiger partial charge in [0.2, 0.25) is 0 Å². The van der Waals surface area contributed by atoms with Crippen molar-refractivity contribution in [3.8, 4) is 0 Å². The molecule has 2 atom stereocenters. The third kappa shape index (κ3) is 26.3. The molecule has 306 valence electrons. The van der Waals surface area contributed by atoms with E-state index in [4.69, 9.17) is 8.85 Å². The van der Waals surface area contributed by atoms with Gasteiger partial charge in [-0.25, -0.2) is 0 Å². The van der Waals surface area contributed by atoms with E-state index in [-0.39, 0.29) is 28.7 Å². The van der Waals surface area contributed by atoms with Gasteiger partial charge in [0.05, 0.1) is 12.2 Å². The van der Waals surface area contributed by atoms with Crippen LogP contribution in [-0.4, -0.2) is 64.5 Å². The van der Waals surface area contributed by atoms with Gasteiger partial charge < -0.3 is 14.0 Å². The minimum atomic E-state index is -1.98. The summed E-state index contributed by atoms with van der Waals surface area (Å²) in [6.45, 7) is 30.7. The maximum absolute atomic E-state index is 11.6. The lowest BCUT2D eigenvalue weighted by Gasteiger charge is -2.42. The van der Waals surface area contributed by atoms with Gasteiger partial charge in [0.1, 0.15) is 0 Å². The maximum Gasteiger partial charge on any atom is 0.303 e. The molecule has 0 radical (unpaired) electrons. The smallest absolute Gasteiger partial charge is 0.303 e. The Balaban J connectivity index is 5.68. The molecule has 0 saturated carbocycles. The van der Waals surface area contributed by atoms with E-state index in [9.17, 15) is 9.90 Å². The molecule has 0 saturated heterocycles. The molecule has 5 nitrogen and oxygen atoms in total. The Bertz CT molecular complexity index is 778. The average molecular weight is 756 g/mol. The van der Waals surface area contributed by atoms with Gasteiger partial charge in [-0.1, -0.05) is 184 Å². The van der Waals surface area contributed by atoms with E-state index in [1.54, 1.807) is 0 Å². The lowest BCUT2D eigenvalue weighted by atomic mass is 10.0. The summed E-state index contributed by atoms with van der Waals surface area (Å²) in [5.74, 6) is -0.700. The molecular weight excluding hydrogens is 663 g/mol. The predicted molar refractivity (Wildman–Crippen MR) is 230 cm³/mol. The van der Waals surface area contributed by atoms with Crippen LogP contribution >= 0.6 is 0 Å². The Kier molecular flexibility index (Phi) is 28.1. The van der Waals surface area contributed by atoms with Gasteiger partial charge in [-0.3, -0.25) is 9.69 Å². The maximum atomic E-state index is 11.6. The van der Waals surface area contributed by atoms with E-state index in [1.165, 1.54) is 128 Å². The van der Waals surface area contributed by atoms with Crippen molar-refractivity contribution >= 4 is 22.6 Å². The van der Waals surface area contributed by atoms with E-state index in [0.717, 1.165) is 32.5 Å². The minimum Gasteiger partial charge on any atom is -0.481 e. The van der Waals surface area contributed by atoms with Crippen molar-refractivity contribution in [2.75, 3.05) is 19.6 Å². The number of rotatable bonds is 34. The number of hydrogen-bond acceptors (Lipinski definition) is 4. The average Bonchev–Trinajstić information content (AvgIpc) is 3.01. The second-order valence-corrected chi connectivity index (χ2v) is 28.7. The van der Waals surface area contributed by atoms with Crippen LogP contribution in [0.3, 0.4) is 0 Å². The van der Waals surface area contributed by atoms with E-state index in [2.05, 4.69) is 86.5 Å². The van der Waals surface area contributed by atoms with Crippen LogP contribution in [-0.2, 0) is 13.6 Å². The molecule has 1 N–H and O–H groups in total. The zero-order valence-electron chi connectivity index (χ0n) is 36.9. The lowest BCUT2D eigenvalue weighted by molar-refractivity contribution is -0.137. The highest BCUT2D eigenvalue weighted by atomic mass is 28.4. The monoisotopic (exact) mass is 756 g/mol. The molecule has 0 aliphatic heterocycles. The summed E-state index contributed by atoms with van der Waals surface area (Å²) in [7, 11) is -3.95. The zero-order valence-corrected chi connectivity index (χ0v) is 38.9. The molecule has 0 aromatic heterocycles. The summed E-state index contributed by atoms with van der Waals surface area (Å²) in [5, 5.41) is 9.84. The second-order valence-electron chi connectivity index (χ2n) is 19.2. The summed E-state index contributed by atoms with van der Waals surface area (Å²) in [4.78, 5) is 14.1. The molecule has 0 spiro atoms. The summed E-state index contributed by atoms with van der Waals surface area (Å²) in [6.07, 6.45) is 30.3. The predicted octanol–water partition coefficient (Wildman–Crippen LogP) is 14.6. The summed E-state index contributed by atoms with van der Waals surface area (Å²) >= 11 is 0. The number of carbonyl (C=O) groups is 1. The third-order valence-corrected chi connectivity index (χ3v) is 21.2.